The van der Waals surface area contributed by atoms with E-state index in [1.165, 1.54) is 0 Å². The minimum atomic E-state index is 0.994. The van der Waals surface area contributed by atoms with E-state index in [2.05, 4.69) is 23.7 Å². The molecular weight excluding hydrogens is 280 g/mol. The summed E-state index contributed by atoms with van der Waals surface area (Å²) in [6, 6.07) is 12.1. The van der Waals surface area contributed by atoms with E-state index in [1.54, 1.807) is 22.7 Å². The molecule has 2 heteroatoms. The van der Waals surface area contributed by atoms with Gasteiger partial charge in [0.05, 0.1) is 0 Å². The molecule has 2 heterocycles. The van der Waals surface area contributed by atoms with Crippen molar-refractivity contribution in [2.24, 2.45) is 0 Å². The molecule has 0 aliphatic rings. The Morgan fingerprint density at radius 2 is 1.10 bits per heavy atom. The summed E-state index contributed by atoms with van der Waals surface area (Å²) >= 11 is 3.32. The quantitative estimate of drug-likeness (QED) is 0.530. The van der Waals surface area contributed by atoms with Crippen LogP contribution in [0, 0.1) is 23.7 Å². The lowest BCUT2D eigenvalue weighted by Gasteiger charge is -1.92. The number of rotatable bonds is 0. The van der Waals surface area contributed by atoms with Crippen LogP contribution in [0.5, 0.6) is 0 Å². The van der Waals surface area contributed by atoms with Crippen molar-refractivity contribution in [2.45, 2.75) is 0 Å². The Morgan fingerprint density at radius 3 is 1.55 bits per heavy atom. The number of hydrogen-bond donors (Lipinski definition) is 0. The summed E-state index contributed by atoms with van der Waals surface area (Å²) in [5.41, 5.74) is 4.11. The average molecular weight is 290 g/mol. The average Bonchev–Trinajstić information content (AvgIpc) is 3.17. The van der Waals surface area contributed by atoms with Crippen LogP contribution in [0.3, 0.4) is 0 Å². The van der Waals surface area contributed by atoms with Gasteiger partial charge in [0, 0.05) is 33.0 Å². The van der Waals surface area contributed by atoms with Gasteiger partial charge in [-0.1, -0.05) is 29.7 Å². The summed E-state index contributed by atoms with van der Waals surface area (Å²) in [7, 11) is 0. The highest BCUT2D eigenvalue weighted by atomic mass is 32.1. The molecule has 2 aromatic heterocycles. The van der Waals surface area contributed by atoms with Gasteiger partial charge in [0.2, 0.25) is 0 Å². The standard InChI is InChI=1S/C18H10S2/c1-2-15(4-6-17-8-10-19-13-17)12-16(3-1)5-7-18-9-11-20-14-18/h1-3,8-14H. The van der Waals surface area contributed by atoms with E-state index >= 15 is 0 Å². The Labute approximate surface area is 126 Å². The second-order valence-electron chi connectivity index (χ2n) is 4.10. The van der Waals surface area contributed by atoms with Crippen LogP contribution in [0.25, 0.3) is 0 Å². The van der Waals surface area contributed by atoms with Gasteiger partial charge in [-0.25, -0.2) is 0 Å². The molecule has 20 heavy (non-hydrogen) atoms. The molecule has 0 saturated carbocycles. The Hall–Kier alpha value is -2.26. The third-order valence-electron chi connectivity index (χ3n) is 2.61. The zero-order valence-corrected chi connectivity index (χ0v) is 12.2. The molecule has 0 aliphatic carbocycles. The molecule has 0 radical (unpaired) electrons. The van der Waals surface area contributed by atoms with Gasteiger partial charge in [-0.05, 0) is 41.1 Å². The summed E-state index contributed by atoms with van der Waals surface area (Å²) in [6.07, 6.45) is 0. The van der Waals surface area contributed by atoms with Crippen LogP contribution >= 0.6 is 22.7 Å². The van der Waals surface area contributed by atoms with Crippen LogP contribution < -0.4 is 0 Å². The molecule has 0 fully saturated rings. The lowest BCUT2D eigenvalue weighted by atomic mass is 10.1. The van der Waals surface area contributed by atoms with Crippen LogP contribution in [0.4, 0.5) is 0 Å². The van der Waals surface area contributed by atoms with Gasteiger partial charge in [0.25, 0.3) is 0 Å². The molecule has 0 atom stereocenters. The summed E-state index contributed by atoms with van der Waals surface area (Å²) in [5.74, 6) is 12.6. The Morgan fingerprint density at radius 1 is 0.600 bits per heavy atom. The Bertz CT molecular complexity index is 734. The largest absolute Gasteiger partial charge is 0.151 e. The molecule has 1 aromatic carbocycles. The van der Waals surface area contributed by atoms with Gasteiger partial charge in [0.1, 0.15) is 0 Å². The van der Waals surface area contributed by atoms with Gasteiger partial charge in [-0.2, -0.15) is 22.7 Å². The van der Waals surface area contributed by atoms with Crippen molar-refractivity contribution in [2.75, 3.05) is 0 Å². The predicted molar refractivity (Wildman–Crippen MR) is 87.0 cm³/mol. The minimum absolute atomic E-state index is 0.994. The summed E-state index contributed by atoms with van der Waals surface area (Å²) in [6.45, 7) is 0. The third kappa shape index (κ3) is 3.39. The van der Waals surface area contributed by atoms with E-state index in [1.807, 2.05) is 57.9 Å². The second-order valence-corrected chi connectivity index (χ2v) is 5.66. The van der Waals surface area contributed by atoms with Crippen LogP contribution in [0.2, 0.25) is 0 Å². The van der Waals surface area contributed by atoms with Gasteiger partial charge in [-0.3, -0.25) is 0 Å². The highest BCUT2D eigenvalue weighted by molar-refractivity contribution is 7.08. The maximum Gasteiger partial charge on any atom is 0.0356 e. The number of thiophene rings is 2. The van der Waals surface area contributed by atoms with Crippen LogP contribution in [0.15, 0.2) is 57.9 Å². The first kappa shape index (κ1) is 12.8. The lowest BCUT2D eigenvalue weighted by Crippen LogP contribution is -1.78. The first-order valence-corrected chi connectivity index (χ1v) is 7.97. The van der Waals surface area contributed by atoms with Crippen molar-refractivity contribution < 1.29 is 0 Å². The second kappa shape index (κ2) is 6.26. The fourth-order valence-electron chi connectivity index (χ4n) is 1.63. The monoisotopic (exact) mass is 290 g/mol. The molecule has 0 aliphatic heterocycles. The van der Waals surface area contributed by atoms with Crippen molar-refractivity contribution in [1.29, 1.82) is 0 Å². The summed E-state index contributed by atoms with van der Waals surface area (Å²) in [4.78, 5) is 0. The van der Waals surface area contributed by atoms with E-state index in [0.717, 1.165) is 22.3 Å². The van der Waals surface area contributed by atoms with Crippen molar-refractivity contribution in [3.63, 3.8) is 0 Å². The molecule has 0 N–H and O–H groups in total. The highest BCUT2D eigenvalue weighted by Gasteiger charge is 1.91. The van der Waals surface area contributed by atoms with Crippen molar-refractivity contribution >= 4 is 22.7 Å². The smallest absolute Gasteiger partial charge is 0.0356 e. The molecular formula is C18H10S2. The van der Waals surface area contributed by atoms with Crippen LogP contribution in [-0.2, 0) is 0 Å². The van der Waals surface area contributed by atoms with E-state index in [-0.39, 0.29) is 0 Å². The van der Waals surface area contributed by atoms with Crippen molar-refractivity contribution in [3.05, 3.63) is 80.2 Å². The lowest BCUT2D eigenvalue weighted by molar-refractivity contribution is 1.59. The van der Waals surface area contributed by atoms with Gasteiger partial charge < -0.3 is 0 Å². The van der Waals surface area contributed by atoms with Crippen molar-refractivity contribution in [1.82, 2.24) is 0 Å². The van der Waals surface area contributed by atoms with E-state index < -0.39 is 0 Å². The minimum Gasteiger partial charge on any atom is -0.151 e. The van der Waals surface area contributed by atoms with Gasteiger partial charge in [-0.15, -0.1) is 0 Å². The van der Waals surface area contributed by atoms with Gasteiger partial charge >= 0.3 is 0 Å². The fraction of sp³-hybridized carbons (Fsp3) is 0. The fourth-order valence-corrected chi connectivity index (χ4v) is 2.81. The Kier molecular flexibility index (Phi) is 3.99. The van der Waals surface area contributed by atoms with Crippen LogP contribution in [0.1, 0.15) is 22.3 Å². The molecule has 94 valence electrons. The first-order valence-electron chi connectivity index (χ1n) is 6.09. The molecule has 0 unspecified atom stereocenters. The molecule has 3 aromatic rings. The van der Waals surface area contributed by atoms with Gasteiger partial charge in [0.15, 0.2) is 0 Å². The zero-order valence-electron chi connectivity index (χ0n) is 10.6. The maximum atomic E-state index is 3.17. The normalized spacial score (nSPS) is 9.20. The zero-order chi connectivity index (χ0) is 13.6. The Balaban J connectivity index is 1.83. The number of hydrogen-bond acceptors (Lipinski definition) is 2. The predicted octanol–water partition coefficient (Wildman–Crippen LogP) is 4.61. The SMILES string of the molecule is C(#Cc1cccc(C#Cc2ccsc2)c1)c1ccsc1. The topological polar surface area (TPSA) is 0 Å². The van der Waals surface area contributed by atoms with E-state index in [0.29, 0.717) is 0 Å². The summed E-state index contributed by atoms with van der Waals surface area (Å²) in [5, 5.41) is 8.17. The maximum absolute atomic E-state index is 3.17. The molecule has 0 saturated heterocycles. The molecule has 0 nitrogen and oxygen atoms in total. The third-order valence-corrected chi connectivity index (χ3v) is 3.97. The summed E-state index contributed by atoms with van der Waals surface area (Å²) < 4.78 is 0. The first-order chi connectivity index (χ1) is 9.90. The molecule has 3 rings (SSSR count). The number of benzene rings is 1. The molecule has 0 bridgehead atoms. The van der Waals surface area contributed by atoms with E-state index in [9.17, 15) is 0 Å². The van der Waals surface area contributed by atoms with Crippen LogP contribution in [-0.4, -0.2) is 0 Å². The molecule has 0 amide bonds. The highest BCUT2D eigenvalue weighted by Crippen LogP contribution is 2.07. The van der Waals surface area contributed by atoms with Crippen molar-refractivity contribution in [3.8, 4) is 23.7 Å². The van der Waals surface area contributed by atoms with E-state index in [4.69, 9.17) is 0 Å². The molecule has 0 spiro atoms.